The van der Waals surface area contributed by atoms with E-state index in [0.717, 1.165) is 19.3 Å². The second-order valence-corrected chi connectivity index (χ2v) is 4.98. The number of benzene rings is 1. The van der Waals surface area contributed by atoms with Crippen molar-refractivity contribution in [2.45, 2.75) is 25.3 Å². The highest BCUT2D eigenvalue weighted by Crippen LogP contribution is 2.33. The molecule has 1 saturated carbocycles. The predicted octanol–water partition coefficient (Wildman–Crippen LogP) is 2.82. The average molecular weight is 271 g/mol. The normalized spacial score (nSPS) is 23.0. The van der Waals surface area contributed by atoms with Crippen molar-refractivity contribution in [2.75, 3.05) is 11.9 Å². The summed E-state index contributed by atoms with van der Waals surface area (Å²) < 4.78 is 0. The third-order valence-electron chi connectivity index (χ3n) is 3.39. The fraction of sp³-hybridized carbons (Fsp3) is 0.500. The van der Waals surface area contributed by atoms with E-state index in [-0.39, 0.29) is 24.3 Å². The van der Waals surface area contributed by atoms with Crippen LogP contribution >= 0.6 is 11.6 Å². The monoisotopic (exact) mass is 270 g/mol. The van der Waals surface area contributed by atoms with Gasteiger partial charge in [-0.2, -0.15) is 0 Å². The lowest BCUT2D eigenvalue weighted by Gasteiger charge is -2.20. The standard InChI is InChI=1S/C12H15ClN2O3/c13-9-4-5-11(12(6-9)15(17)18)14-10-3-1-2-8(10)7-16/h4-6,8,10,14,16H,1-3,7H2. The first-order valence-electron chi connectivity index (χ1n) is 5.93. The van der Waals surface area contributed by atoms with Crippen LogP contribution in [0.15, 0.2) is 18.2 Å². The molecule has 1 aliphatic carbocycles. The van der Waals surface area contributed by atoms with E-state index in [1.54, 1.807) is 12.1 Å². The van der Waals surface area contributed by atoms with Gasteiger partial charge >= 0.3 is 0 Å². The zero-order valence-electron chi connectivity index (χ0n) is 9.80. The number of nitrogens with zero attached hydrogens (tertiary/aromatic N) is 1. The van der Waals surface area contributed by atoms with E-state index in [9.17, 15) is 15.2 Å². The van der Waals surface area contributed by atoms with Crippen LogP contribution in [0, 0.1) is 16.0 Å². The number of anilines is 1. The van der Waals surface area contributed by atoms with Gasteiger partial charge in [-0.1, -0.05) is 18.0 Å². The van der Waals surface area contributed by atoms with E-state index >= 15 is 0 Å². The summed E-state index contributed by atoms with van der Waals surface area (Å²) in [7, 11) is 0. The zero-order valence-corrected chi connectivity index (χ0v) is 10.6. The Morgan fingerprint density at radius 1 is 1.50 bits per heavy atom. The predicted molar refractivity (Wildman–Crippen MR) is 69.9 cm³/mol. The topological polar surface area (TPSA) is 75.4 Å². The highest BCUT2D eigenvalue weighted by Gasteiger charge is 2.28. The highest BCUT2D eigenvalue weighted by atomic mass is 35.5. The Morgan fingerprint density at radius 2 is 2.28 bits per heavy atom. The van der Waals surface area contributed by atoms with Crippen molar-refractivity contribution in [1.82, 2.24) is 0 Å². The molecule has 2 unspecified atom stereocenters. The molecule has 5 nitrogen and oxygen atoms in total. The number of nitro groups is 1. The van der Waals surface area contributed by atoms with Gasteiger partial charge in [-0.25, -0.2) is 0 Å². The first-order chi connectivity index (χ1) is 8.61. The van der Waals surface area contributed by atoms with Gasteiger partial charge in [-0.05, 0) is 25.0 Å². The van der Waals surface area contributed by atoms with Crippen LogP contribution in [0.2, 0.25) is 5.02 Å². The number of halogens is 1. The molecular formula is C12H15ClN2O3. The summed E-state index contributed by atoms with van der Waals surface area (Å²) in [5.74, 6) is 0.167. The Kier molecular flexibility index (Phi) is 4.04. The van der Waals surface area contributed by atoms with E-state index in [1.165, 1.54) is 6.07 Å². The summed E-state index contributed by atoms with van der Waals surface area (Å²) in [5, 5.41) is 23.7. The summed E-state index contributed by atoms with van der Waals surface area (Å²) in [5.41, 5.74) is 0.445. The largest absolute Gasteiger partial charge is 0.396 e. The minimum Gasteiger partial charge on any atom is -0.396 e. The van der Waals surface area contributed by atoms with Crippen molar-refractivity contribution in [1.29, 1.82) is 0 Å². The van der Waals surface area contributed by atoms with Crippen LogP contribution in [0.4, 0.5) is 11.4 Å². The van der Waals surface area contributed by atoms with E-state index < -0.39 is 4.92 Å². The van der Waals surface area contributed by atoms with Crippen LogP contribution in [0.25, 0.3) is 0 Å². The fourth-order valence-corrected chi connectivity index (χ4v) is 2.59. The number of aliphatic hydroxyl groups is 1. The van der Waals surface area contributed by atoms with Crippen LogP contribution in [-0.4, -0.2) is 22.7 Å². The molecule has 2 N–H and O–H groups in total. The molecular weight excluding hydrogens is 256 g/mol. The fourth-order valence-electron chi connectivity index (χ4n) is 2.42. The van der Waals surface area contributed by atoms with Gasteiger partial charge in [-0.3, -0.25) is 10.1 Å². The number of hydrogen-bond acceptors (Lipinski definition) is 4. The third kappa shape index (κ3) is 2.73. The maximum atomic E-state index is 11.0. The second kappa shape index (κ2) is 5.54. The summed E-state index contributed by atoms with van der Waals surface area (Å²) in [6.45, 7) is 0.110. The Hall–Kier alpha value is -1.33. The van der Waals surface area contributed by atoms with Crippen LogP contribution in [0.1, 0.15) is 19.3 Å². The van der Waals surface area contributed by atoms with E-state index in [1.807, 2.05) is 0 Å². The van der Waals surface area contributed by atoms with Gasteiger partial charge in [0.05, 0.1) is 4.92 Å². The zero-order chi connectivity index (χ0) is 13.1. The molecule has 0 saturated heterocycles. The SMILES string of the molecule is O=[N+]([O-])c1cc(Cl)ccc1NC1CCCC1CO. The van der Waals surface area contributed by atoms with Crippen molar-refractivity contribution in [3.8, 4) is 0 Å². The lowest BCUT2D eigenvalue weighted by Crippen LogP contribution is -2.26. The van der Waals surface area contributed by atoms with Crippen molar-refractivity contribution in [3.63, 3.8) is 0 Å². The Morgan fingerprint density at radius 3 is 2.94 bits per heavy atom. The first-order valence-corrected chi connectivity index (χ1v) is 6.31. The molecule has 1 aliphatic rings. The van der Waals surface area contributed by atoms with E-state index in [2.05, 4.69) is 5.32 Å². The second-order valence-electron chi connectivity index (χ2n) is 4.54. The number of hydrogen-bond donors (Lipinski definition) is 2. The lowest BCUT2D eigenvalue weighted by atomic mass is 10.0. The number of nitro benzene ring substituents is 1. The number of rotatable bonds is 4. The molecule has 0 heterocycles. The molecule has 18 heavy (non-hydrogen) atoms. The molecule has 1 fully saturated rings. The summed E-state index contributed by atoms with van der Waals surface area (Å²) in [4.78, 5) is 10.5. The van der Waals surface area contributed by atoms with Crippen LogP contribution in [-0.2, 0) is 0 Å². The molecule has 1 aromatic rings. The van der Waals surface area contributed by atoms with Gasteiger partial charge in [0, 0.05) is 29.7 Å². The van der Waals surface area contributed by atoms with Crippen molar-refractivity contribution in [3.05, 3.63) is 33.3 Å². The molecule has 2 atom stereocenters. The summed E-state index contributed by atoms with van der Waals surface area (Å²) in [6.07, 6.45) is 2.91. The van der Waals surface area contributed by atoms with Crippen LogP contribution in [0.3, 0.4) is 0 Å². The molecule has 1 aromatic carbocycles. The minimum absolute atomic E-state index is 0.0221. The third-order valence-corrected chi connectivity index (χ3v) is 3.63. The first kappa shape index (κ1) is 13.1. The Balaban J connectivity index is 2.20. The van der Waals surface area contributed by atoms with Gasteiger partial charge < -0.3 is 10.4 Å². The minimum atomic E-state index is -0.447. The van der Waals surface area contributed by atoms with E-state index in [4.69, 9.17) is 11.6 Å². The number of aliphatic hydroxyl groups excluding tert-OH is 1. The van der Waals surface area contributed by atoms with Crippen molar-refractivity contribution in [2.24, 2.45) is 5.92 Å². The van der Waals surface area contributed by atoms with Crippen molar-refractivity contribution >= 4 is 23.0 Å². The quantitative estimate of drug-likeness (QED) is 0.652. The molecule has 0 amide bonds. The maximum absolute atomic E-state index is 11.0. The van der Waals surface area contributed by atoms with Crippen molar-refractivity contribution < 1.29 is 10.0 Å². The average Bonchev–Trinajstić information content (AvgIpc) is 2.78. The van der Waals surface area contributed by atoms with E-state index in [0.29, 0.717) is 10.7 Å². The molecule has 2 rings (SSSR count). The van der Waals surface area contributed by atoms with Gasteiger partial charge in [0.15, 0.2) is 0 Å². The van der Waals surface area contributed by atoms with Gasteiger partial charge in [0.1, 0.15) is 5.69 Å². The molecule has 0 aromatic heterocycles. The highest BCUT2D eigenvalue weighted by molar-refractivity contribution is 6.30. The Bertz CT molecular complexity index is 453. The van der Waals surface area contributed by atoms with Crippen LogP contribution in [0.5, 0.6) is 0 Å². The van der Waals surface area contributed by atoms with Crippen LogP contribution < -0.4 is 5.32 Å². The lowest BCUT2D eigenvalue weighted by molar-refractivity contribution is -0.384. The summed E-state index contributed by atoms with van der Waals surface area (Å²) >= 11 is 5.76. The Labute approximate surface area is 110 Å². The smallest absolute Gasteiger partial charge is 0.293 e. The summed E-state index contributed by atoms with van der Waals surface area (Å²) in [6, 6.07) is 4.68. The molecule has 0 aliphatic heterocycles. The molecule has 0 radical (unpaired) electrons. The van der Waals surface area contributed by atoms with Gasteiger partial charge in [-0.15, -0.1) is 0 Å². The molecule has 0 spiro atoms. The van der Waals surface area contributed by atoms with Gasteiger partial charge in [0.25, 0.3) is 5.69 Å². The molecule has 6 heteroatoms. The maximum Gasteiger partial charge on any atom is 0.293 e. The van der Waals surface area contributed by atoms with Gasteiger partial charge in [0.2, 0.25) is 0 Å². The molecule has 98 valence electrons. The molecule has 0 bridgehead atoms. The number of nitrogens with one attached hydrogen (secondary N) is 1.